The van der Waals surface area contributed by atoms with Crippen molar-refractivity contribution in [2.45, 2.75) is 167 Å². The van der Waals surface area contributed by atoms with E-state index in [0.29, 0.717) is 19.6 Å². The van der Waals surface area contributed by atoms with Gasteiger partial charge in [-0.1, -0.05) is 90.0 Å². The number of carbonyl (C=O) groups is 5. The van der Waals surface area contributed by atoms with Gasteiger partial charge in [0.05, 0.1) is 42.0 Å². The third-order valence-electron chi connectivity index (χ3n) is 14.2. The van der Waals surface area contributed by atoms with Crippen molar-refractivity contribution in [1.82, 2.24) is 36.5 Å². The van der Waals surface area contributed by atoms with E-state index in [1.807, 2.05) is 57.5 Å². The average Bonchev–Trinajstić information content (AvgIpc) is 3.89. The quantitative estimate of drug-likeness (QED) is 0.0538. The first-order valence-electron chi connectivity index (χ1n) is 25.2. The summed E-state index contributed by atoms with van der Waals surface area (Å²) in [5.74, 6) is 1.22. The Bertz CT molecular complexity index is 1880. The summed E-state index contributed by atoms with van der Waals surface area (Å²) in [6.45, 7) is 9.28. The lowest BCUT2D eigenvalue weighted by molar-refractivity contribution is -0.144. The lowest BCUT2D eigenvalue weighted by Gasteiger charge is -2.56. The van der Waals surface area contributed by atoms with Gasteiger partial charge in [0.25, 0.3) is 0 Å². The summed E-state index contributed by atoms with van der Waals surface area (Å²) in [4.78, 5) is 71.9. The van der Waals surface area contributed by atoms with Gasteiger partial charge in [-0.05, 0) is 92.6 Å². The number of likely N-dealkylation sites (tertiary alicyclic amines) is 1. The monoisotopic (exact) mass is 950 g/mol. The molecule has 0 unspecified atom stereocenters. The normalized spacial score (nSPS) is 23.5. The van der Waals surface area contributed by atoms with Gasteiger partial charge in [0.15, 0.2) is 0 Å². The number of β-amino-alcohol motifs (C(OH)–C–C–N with tert-alkyl or cyclic N) is 1. The van der Waals surface area contributed by atoms with Crippen molar-refractivity contribution in [3.63, 3.8) is 0 Å². The molecule has 2 aromatic rings. The highest BCUT2D eigenvalue weighted by Gasteiger charge is 2.51. The molecule has 2 heterocycles. The minimum atomic E-state index is -0.960. The molecule has 5 fully saturated rings. The number of rotatable bonds is 27. The van der Waals surface area contributed by atoms with E-state index < -0.39 is 35.4 Å². The number of carbonyl (C=O) groups excluding carboxylic acids is 5. The van der Waals surface area contributed by atoms with Crippen LogP contribution in [-0.4, -0.2) is 114 Å². The van der Waals surface area contributed by atoms with Crippen LogP contribution in [-0.2, 0) is 35.2 Å². The molecule has 4 saturated carbocycles. The fraction of sp³-hybridized carbons (Fsp3) is 0.725. The van der Waals surface area contributed by atoms with Crippen LogP contribution in [0.3, 0.4) is 0 Å². The van der Waals surface area contributed by atoms with E-state index in [1.54, 1.807) is 11.3 Å². The Morgan fingerprint density at radius 3 is 2.04 bits per heavy atom. The zero-order chi connectivity index (χ0) is 47.8. The van der Waals surface area contributed by atoms with Crippen LogP contribution in [0.2, 0.25) is 0 Å². The Morgan fingerprint density at radius 1 is 0.791 bits per heavy atom. The summed E-state index contributed by atoms with van der Waals surface area (Å²) >= 11 is 1.57. The zero-order valence-electron chi connectivity index (χ0n) is 40.6. The van der Waals surface area contributed by atoms with Crippen LogP contribution in [0.15, 0.2) is 29.8 Å². The molecule has 67 heavy (non-hydrogen) atoms. The van der Waals surface area contributed by atoms with E-state index >= 15 is 0 Å². The smallest absolute Gasteiger partial charge is 0.315 e. The molecule has 1 aliphatic heterocycles. The number of unbranched alkanes of at least 4 members (excludes halogenated alkanes) is 8. The minimum absolute atomic E-state index is 0.0120. The third kappa shape index (κ3) is 16.2. The molecule has 7 rings (SSSR count). The van der Waals surface area contributed by atoms with E-state index in [9.17, 15) is 29.1 Å². The van der Waals surface area contributed by atoms with Gasteiger partial charge in [-0.3, -0.25) is 19.2 Å². The van der Waals surface area contributed by atoms with Gasteiger partial charge >= 0.3 is 6.03 Å². The predicted molar refractivity (Wildman–Crippen MR) is 260 cm³/mol. The number of nitrogens with zero attached hydrogens (tertiary/aromatic N) is 2. The molecule has 1 aromatic carbocycles. The zero-order valence-corrected chi connectivity index (χ0v) is 41.5. The Balaban J connectivity index is 0.737. The summed E-state index contributed by atoms with van der Waals surface area (Å²) in [6, 6.07) is 6.07. The minimum Gasteiger partial charge on any atom is -0.391 e. The number of benzene rings is 1. The summed E-state index contributed by atoms with van der Waals surface area (Å²) in [7, 11) is 0. The summed E-state index contributed by atoms with van der Waals surface area (Å²) in [6.07, 6.45) is 17.4. The van der Waals surface area contributed by atoms with Crippen LogP contribution < -0.4 is 26.6 Å². The van der Waals surface area contributed by atoms with Gasteiger partial charge in [0, 0.05) is 44.6 Å². The largest absolute Gasteiger partial charge is 0.391 e. The van der Waals surface area contributed by atoms with Gasteiger partial charge in [-0.2, -0.15) is 0 Å². The highest BCUT2D eigenvalue weighted by atomic mass is 32.1. The van der Waals surface area contributed by atoms with Gasteiger partial charge in [0.1, 0.15) is 18.7 Å². The Morgan fingerprint density at radius 2 is 1.42 bits per heavy atom. The molecule has 16 heteroatoms. The van der Waals surface area contributed by atoms with E-state index in [1.165, 1.54) is 69.1 Å². The van der Waals surface area contributed by atoms with Crippen LogP contribution in [0, 0.1) is 30.1 Å². The number of ether oxygens (including phenoxy) is 2. The highest BCUT2D eigenvalue weighted by Crippen LogP contribution is 2.55. The first-order chi connectivity index (χ1) is 32.2. The number of aliphatic hydroxyl groups excluding tert-OH is 1. The lowest BCUT2D eigenvalue weighted by Crippen LogP contribution is -2.61. The average molecular weight is 950 g/mol. The second kappa shape index (κ2) is 25.5. The molecule has 1 aromatic heterocycles. The summed E-state index contributed by atoms with van der Waals surface area (Å²) in [5.41, 5.74) is 4.11. The Kier molecular flexibility index (Phi) is 19.9. The Labute approximate surface area is 402 Å². The number of hydrogen-bond donors (Lipinski definition) is 6. The molecule has 5 aliphatic rings. The van der Waals surface area contributed by atoms with E-state index in [0.717, 1.165) is 78.1 Å². The van der Waals surface area contributed by atoms with Crippen LogP contribution in [0.25, 0.3) is 10.4 Å². The maximum Gasteiger partial charge on any atom is 0.315 e. The standard InChI is InChI=1S/C51H79N7O8S/c1-35-45(67-34-55-35)40-17-15-36(16-18-40)31-54-47(62)42-27-41(59)32-58(42)48(63)46(50(2,3)4)56-44(61)33-66-23-22-65-21-20-52-43(60)14-12-10-8-6-5-7-9-11-13-19-53-49(64)57-51-28-37-24-38(29-51)26-39(25-37)30-51/h15-18,34,37-39,41-42,46,59H,5-14,19-33H2,1-4H3,(H,52,60)(H,54,62)(H,56,61)(H2,53,57,64)/t37?,38?,39?,41-,42+,46-,51?/m1/s1. The number of amides is 6. The van der Waals surface area contributed by atoms with E-state index in [4.69, 9.17) is 9.47 Å². The second-order valence-electron chi connectivity index (χ2n) is 21.0. The Hall–Kier alpha value is -4.12. The number of urea groups is 1. The van der Waals surface area contributed by atoms with E-state index in [-0.39, 0.29) is 62.7 Å². The van der Waals surface area contributed by atoms with Crippen molar-refractivity contribution in [1.29, 1.82) is 0 Å². The van der Waals surface area contributed by atoms with E-state index in [2.05, 4.69) is 31.6 Å². The molecule has 4 bridgehead atoms. The molecular weight excluding hydrogens is 871 g/mol. The molecule has 0 spiro atoms. The van der Waals surface area contributed by atoms with Gasteiger partial charge < -0.3 is 46.1 Å². The fourth-order valence-corrected chi connectivity index (χ4v) is 11.9. The number of thiazole rings is 1. The number of aromatic nitrogens is 1. The second-order valence-corrected chi connectivity index (χ2v) is 21.8. The SMILES string of the molecule is Cc1ncsc1-c1ccc(CNC(=O)[C@@H]2C[C@@H](O)CN2C(=O)[C@@H](NC(=O)COCCOCCNC(=O)CCCCCCCCCCCNC(=O)NC23CC4CC(CC(C4)C2)C3)C(C)(C)C)cc1. The first-order valence-corrected chi connectivity index (χ1v) is 26.1. The topological polar surface area (TPSA) is 200 Å². The molecule has 6 N–H and O–H groups in total. The third-order valence-corrected chi connectivity index (χ3v) is 15.1. The summed E-state index contributed by atoms with van der Waals surface area (Å²) in [5, 5.41) is 25.7. The molecule has 15 nitrogen and oxygen atoms in total. The van der Waals surface area contributed by atoms with Gasteiger partial charge in [0.2, 0.25) is 23.6 Å². The van der Waals surface area contributed by atoms with Crippen molar-refractivity contribution in [3.05, 3.63) is 41.0 Å². The number of nitrogens with one attached hydrogen (secondary N) is 5. The number of hydrogen-bond acceptors (Lipinski definition) is 10. The van der Waals surface area contributed by atoms with Crippen molar-refractivity contribution in [2.75, 3.05) is 46.1 Å². The number of aliphatic hydroxyl groups is 1. The lowest BCUT2D eigenvalue weighted by atomic mass is 9.53. The molecule has 372 valence electrons. The van der Waals surface area contributed by atoms with Crippen molar-refractivity contribution in [3.8, 4) is 10.4 Å². The highest BCUT2D eigenvalue weighted by molar-refractivity contribution is 7.13. The van der Waals surface area contributed by atoms with Crippen LogP contribution in [0.1, 0.15) is 141 Å². The van der Waals surface area contributed by atoms with Crippen LogP contribution >= 0.6 is 11.3 Å². The molecule has 6 amide bonds. The van der Waals surface area contributed by atoms with Crippen LogP contribution in [0.4, 0.5) is 4.79 Å². The maximum atomic E-state index is 13.9. The number of aryl methyl sites for hydroxylation is 1. The van der Waals surface area contributed by atoms with Crippen molar-refractivity contribution in [2.24, 2.45) is 23.2 Å². The first kappa shape index (κ1) is 52.3. The van der Waals surface area contributed by atoms with Crippen molar-refractivity contribution < 1.29 is 38.6 Å². The molecule has 3 atom stereocenters. The molecule has 4 aliphatic carbocycles. The van der Waals surface area contributed by atoms with Crippen LogP contribution in [0.5, 0.6) is 0 Å². The molecule has 0 radical (unpaired) electrons. The van der Waals surface area contributed by atoms with Crippen molar-refractivity contribution >= 4 is 41.0 Å². The predicted octanol–water partition coefficient (Wildman–Crippen LogP) is 6.55. The fourth-order valence-electron chi connectivity index (χ4n) is 11.1. The van der Waals surface area contributed by atoms with Gasteiger partial charge in [-0.25, -0.2) is 9.78 Å². The summed E-state index contributed by atoms with van der Waals surface area (Å²) < 4.78 is 11.1. The molecular formula is C51H79N7O8S. The molecule has 1 saturated heterocycles. The maximum absolute atomic E-state index is 13.9. The van der Waals surface area contributed by atoms with Gasteiger partial charge in [-0.15, -0.1) is 11.3 Å².